The number of para-hydroxylation sites is 2. The number of carbonyl (C=O) groups is 1. The van der Waals surface area contributed by atoms with Crippen molar-refractivity contribution in [1.29, 1.82) is 0 Å². The van der Waals surface area contributed by atoms with Crippen molar-refractivity contribution in [3.05, 3.63) is 59.9 Å². The quantitative estimate of drug-likeness (QED) is 0.885. The van der Waals surface area contributed by atoms with Gasteiger partial charge in [-0.3, -0.25) is 0 Å². The summed E-state index contributed by atoms with van der Waals surface area (Å²) in [6, 6.07) is 14.5. The first kappa shape index (κ1) is 16.3. The summed E-state index contributed by atoms with van der Waals surface area (Å²) in [5, 5.41) is 6.19. The van der Waals surface area contributed by atoms with Gasteiger partial charge in [-0.05, 0) is 43.5 Å². The standard InChI is InChI=1S/C19H22FN3O/c1-14-6-2-4-8-17(14)21-15-10-12-23(13-11-15)19(24)22-18-9-5-3-7-16(18)20/h2-9,15,21H,10-13H2,1H3,(H,22,24). The predicted octanol–water partition coefficient (Wildman–Crippen LogP) is 4.24. The number of piperidine rings is 1. The number of nitrogens with one attached hydrogen (secondary N) is 2. The number of hydrogen-bond donors (Lipinski definition) is 2. The molecule has 4 nitrogen and oxygen atoms in total. The number of likely N-dealkylation sites (tertiary alicyclic amines) is 1. The molecule has 0 spiro atoms. The molecule has 3 rings (SSSR count). The van der Waals surface area contributed by atoms with E-state index in [1.54, 1.807) is 23.1 Å². The number of carbonyl (C=O) groups excluding carboxylic acids is 1. The van der Waals surface area contributed by atoms with Crippen molar-refractivity contribution >= 4 is 17.4 Å². The second kappa shape index (κ2) is 7.34. The summed E-state index contributed by atoms with van der Waals surface area (Å²) in [6.45, 7) is 3.40. The minimum atomic E-state index is -0.415. The van der Waals surface area contributed by atoms with Gasteiger partial charge in [0.15, 0.2) is 0 Å². The molecule has 1 aliphatic rings. The lowest BCUT2D eigenvalue weighted by atomic mass is 10.0. The van der Waals surface area contributed by atoms with Gasteiger partial charge in [0.1, 0.15) is 5.82 Å². The summed E-state index contributed by atoms with van der Waals surface area (Å²) < 4.78 is 13.6. The zero-order valence-electron chi connectivity index (χ0n) is 13.8. The average molecular weight is 327 g/mol. The van der Waals surface area contributed by atoms with Gasteiger partial charge in [0, 0.05) is 24.8 Å². The Bertz CT molecular complexity index is 711. The number of halogens is 1. The van der Waals surface area contributed by atoms with Crippen LogP contribution in [-0.2, 0) is 0 Å². The van der Waals surface area contributed by atoms with Crippen molar-refractivity contribution in [3.8, 4) is 0 Å². The number of benzene rings is 2. The Morgan fingerprint density at radius 2 is 1.67 bits per heavy atom. The molecule has 0 atom stereocenters. The van der Waals surface area contributed by atoms with Crippen LogP contribution in [0.3, 0.4) is 0 Å². The van der Waals surface area contributed by atoms with Gasteiger partial charge in [0.25, 0.3) is 0 Å². The second-order valence-corrected chi connectivity index (χ2v) is 6.13. The lowest BCUT2D eigenvalue weighted by Gasteiger charge is -2.33. The van der Waals surface area contributed by atoms with Crippen molar-refractivity contribution in [2.45, 2.75) is 25.8 Å². The van der Waals surface area contributed by atoms with Gasteiger partial charge in [-0.25, -0.2) is 9.18 Å². The van der Waals surface area contributed by atoms with Crippen molar-refractivity contribution < 1.29 is 9.18 Å². The monoisotopic (exact) mass is 327 g/mol. The van der Waals surface area contributed by atoms with Crippen LogP contribution in [0, 0.1) is 12.7 Å². The van der Waals surface area contributed by atoms with Crippen LogP contribution < -0.4 is 10.6 Å². The Kier molecular flexibility index (Phi) is 4.99. The van der Waals surface area contributed by atoms with Gasteiger partial charge in [0.2, 0.25) is 0 Å². The largest absolute Gasteiger partial charge is 0.382 e. The number of urea groups is 1. The lowest BCUT2D eigenvalue weighted by Crippen LogP contribution is -2.44. The van der Waals surface area contributed by atoms with Gasteiger partial charge < -0.3 is 15.5 Å². The Balaban J connectivity index is 1.52. The first-order valence-electron chi connectivity index (χ1n) is 8.26. The molecule has 0 aromatic heterocycles. The average Bonchev–Trinajstić information content (AvgIpc) is 2.59. The van der Waals surface area contributed by atoms with Crippen LogP contribution in [0.4, 0.5) is 20.6 Å². The van der Waals surface area contributed by atoms with Gasteiger partial charge in [-0.2, -0.15) is 0 Å². The Morgan fingerprint density at radius 1 is 1.04 bits per heavy atom. The molecule has 2 aromatic rings. The molecule has 0 saturated carbocycles. The van der Waals surface area contributed by atoms with E-state index in [2.05, 4.69) is 29.7 Å². The third kappa shape index (κ3) is 3.85. The van der Waals surface area contributed by atoms with E-state index in [-0.39, 0.29) is 11.7 Å². The van der Waals surface area contributed by atoms with Crippen LogP contribution in [0.15, 0.2) is 48.5 Å². The maximum Gasteiger partial charge on any atom is 0.321 e. The van der Waals surface area contributed by atoms with Crippen molar-refractivity contribution in [2.24, 2.45) is 0 Å². The molecule has 2 aromatic carbocycles. The fourth-order valence-electron chi connectivity index (χ4n) is 2.94. The molecule has 2 amide bonds. The number of amides is 2. The van der Waals surface area contributed by atoms with Crippen molar-refractivity contribution in [1.82, 2.24) is 4.90 Å². The summed E-state index contributed by atoms with van der Waals surface area (Å²) in [5.41, 5.74) is 2.59. The SMILES string of the molecule is Cc1ccccc1NC1CCN(C(=O)Nc2ccccc2F)CC1. The highest BCUT2D eigenvalue weighted by molar-refractivity contribution is 5.89. The molecule has 126 valence electrons. The fraction of sp³-hybridized carbons (Fsp3) is 0.316. The maximum absolute atomic E-state index is 13.6. The van der Waals surface area contributed by atoms with Crippen LogP contribution in [0.5, 0.6) is 0 Å². The van der Waals surface area contributed by atoms with Gasteiger partial charge in [0.05, 0.1) is 5.69 Å². The van der Waals surface area contributed by atoms with E-state index in [0.29, 0.717) is 19.1 Å². The van der Waals surface area contributed by atoms with E-state index in [1.807, 2.05) is 12.1 Å². The second-order valence-electron chi connectivity index (χ2n) is 6.13. The van der Waals surface area contributed by atoms with Crippen molar-refractivity contribution in [3.63, 3.8) is 0 Å². The molecular weight excluding hydrogens is 305 g/mol. The van der Waals surface area contributed by atoms with E-state index >= 15 is 0 Å². The Labute approximate surface area is 141 Å². The molecule has 5 heteroatoms. The third-order valence-corrected chi connectivity index (χ3v) is 4.40. The number of rotatable bonds is 3. The minimum absolute atomic E-state index is 0.225. The predicted molar refractivity (Wildman–Crippen MR) is 94.8 cm³/mol. The minimum Gasteiger partial charge on any atom is -0.382 e. The van der Waals surface area contributed by atoms with Crippen LogP contribution in [0.2, 0.25) is 0 Å². The van der Waals surface area contributed by atoms with Gasteiger partial charge in [-0.15, -0.1) is 0 Å². The Morgan fingerprint density at radius 3 is 2.33 bits per heavy atom. The van der Waals surface area contributed by atoms with Crippen LogP contribution in [0.25, 0.3) is 0 Å². The molecule has 0 radical (unpaired) electrons. The summed E-state index contributed by atoms with van der Waals surface area (Å²) >= 11 is 0. The van der Waals surface area contributed by atoms with Gasteiger partial charge >= 0.3 is 6.03 Å². The highest BCUT2D eigenvalue weighted by Crippen LogP contribution is 2.20. The van der Waals surface area contributed by atoms with E-state index in [9.17, 15) is 9.18 Å². The molecule has 1 saturated heterocycles. The number of aryl methyl sites for hydroxylation is 1. The molecule has 0 aliphatic carbocycles. The molecule has 1 aliphatic heterocycles. The smallest absolute Gasteiger partial charge is 0.321 e. The highest BCUT2D eigenvalue weighted by atomic mass is 19.1. The molecule has 1 fully saturated rings. The number of hydrogen-bond acceptors (Lipinski definition) is 2. The molecule has 2 N–H and O–H groups in total. The lowest BCUT2D eigenvalue weighted by molar-refractivity contribution is 0.197. The normalized spacial score (nSPS) is 15.2. The Hall–Kier alpha value is -2.56. The van der Waals surface area contributed by atoms with Crippen LogP contribution in [0.1, 0.15) is 18.4 Å². The first-order chi connectivity index (χ1) is 11.6. The fourth-order valence-corrected chi connectivity index (χ4v) is 2.94. The van der Waals surface area contributed by atoms with E-state index in [1.165, 1.54) is 11.6 Å². The first-order valence-corrected chi connectivity index (χ1v) is 8.26. The zero-order chi connectivity index (χ0) is 16.9. The van der Waals surface area contributed by atoms with E-state index in [0.717, 1.165) is 18.5 Å². The summed E-state index contributed by atoms with van der Waals surface area (Å²) in [5.74, 6) is -0.415. The zero-order valence-corrected chi connectivity index (χ0v) is 13.8. The van der Waals surface area contributed by atoms with E-state index in [4.69, 9.17) is 0 Å². The topological polar surface area (TPSA) is 44.4 Å². The molecule has 24 heavy (non-hydrogen) atoms. The summed E-state index contributed by atoms with van der Waals surface area (Å²) in [6.07, 6.45) is 1.75. The van der Waals surface area contributed by atoms with Gasteiger partial charge in [-0.1, -0.05) is 30.3 Å². The van der Waals surface area contributed by atoms with Crippen LogP contribution >= 0.6 is 0 Å². The molecule has 1 heterocycles. The molecule has 0 bridgehead atoms. The molecular formula is C19H22FN3O. The molecule has 0 unspecified atom stereocenters. The number of nitrogens with zero attached hydrogens (tertiary/aromatic N) is 1. The number of anilines is 2. The highest BCUT2D eigenvalue weighted by Gasteiger charge is 2.23. The third-order valence-electron chi connectivity index (χ3n) is 4.40. The van der Waals surface area contributed by atoms with Crippen LogP contribution in [-0.4, -0.2) is 30.1 Å². The summed E-state index contributed by atoms with van der Waals surface area (Å²) in [7, 11) is 0. The maximum atomic E-state index is 13.6. The van der Waals surface area contributed by atoms with Crippen molar-refractivity contribution in [2.75, 3.05) is 23.7 Å². The summed E-state index contributed by atoms with van der Waals surface area (Å²) in [4.78, 5) is 14.0. The van der Waals surface area contributed by atoms with E-state index < -0.39 is 5.82 Å².